The van der Waals surface area contributed by atoms with Gasteiger partial charge in [-0.3, -0.25) is 4.79 Å². The first-order valence-corrected chi connectivity index (χ1v) is 6.63. The van der Waals surface area contributed by atoms with Crippen molar-refractivity contribution in [3.05, 3.63) is 52.9 Å². The summed E-state index contributed by atoms with van der Waals surface area (Å²) < 4.78 is 4.93. The average Bonchev–Trinajstić information content (AvgIpc) is 2.91. The number of nitrogens with zero attached hydrogens (tertiary/aromatic N) is 1. The van der Waals surface area contributed by atoms with Crippen molar-refractivity contribution < 1.29 is 9.32 Å². The van der Waals surface area contributed by atoms with Crippen LogP contribution in [0.2, 0.25) is 0 Å². The molecule has 0 saturated heterocycles. The zero-order valence-corrected chi connectivity index (χ0v) is 12.0. The van der Waals surface area contributed by atoms with E-state index < -0.39 is 0 Å². The molecule has 0 spiro atoms. The van der Waals surface area contributed by atoms with Crippen LogP contribution in [0.5, 0.6) is 0 Å². The van der Waals surface area contributed by atoms with Gasteiger partial charge in [-0.1, -0.05) is 29.1 Å². The number of nitrogens with one attached hydrogen (secondary N) is 1. The second-order valence-electron chi connectivity index (χ2n) is 4.66. The number of hydrogen-bond acceptors (Lipinski definition) is 4. The lowest BCUT2D eigenvalue weighted by molar-refractivity contribution is 0.0901. The number of rotatable bonds is 3. The zero-order chi connectivity index (χ0) is 15.2. The van der Waals surface area contributed by atoms with Crippen molar-refractivity contribution in [2.45, 2.75) is 19.9 Å². The molecule has 5 nitrogen and oxygen atoms in total. The number of carbonyl (C=O) groups is 1. The van der Waals surface area contributed by atoms with E-state index >= 15 is 0 Å². The molecule has 5 heteroatoms. The number of carbonyl (C=O) groups excluding carboxylic acids is 1. The Labute approximate surface area is 123 Å². The fourth-order valence-corrected chi connectivity index (χ4v) is 1.86. The molecule has 0 fully saturated rings. The van der Waals surface area contributed by atoms with Gasteiger partial charge in [-0.2, -0.15) is 0 Å². The predicted molar refractivity (Wildman–Crippen MR) is 79.5 cm³/mol. The Morgan fingerprint density at radius 1 is 1.43 bits per heavy atom. The standard InChI is InChI=1S/C16H17N3O2/c1-11-10-18-21-15(11)16(20)19-12(2)14-7-5-13(6-8-14)4-3-9-17/h5-8,10,12H,9,17H2,1-2H3,(H,19,20). The lowest BCUT2D eigenvalue weighted by Gasteiger charge is -2.13. The van der Waals surface area contributed by atoms with E-state index in [4.69, 9.17) is 10.3 Å². The number of nitrogens with two attached hydrogens (primary N) is 1. The highest BCUT2D eigenvalue weighted by Gasteiger charge is 2.17. The van der Waals surface area contributed by atoms with Crippen molar-refractivity contribution in [3.8, 4) is 11.8 Å². The van der Waals surface area contributed by atoms with Gasteiger partial charge in [0.05, 0.1) is 18.8 Å². The molecule has 1 aromatic carbocycles. The normalized spacial score (nSPS) is 11.4. The number of aryl methyl sites for hydroxylation is 1. The van der Waals surface area contributed by atoms with E-state index in [0.717, 1.165) is 11.1 Å². The van der Waals surface area contributed by atoms with Crippen LogP contribution < -0.4 is 11.1 Å². The quantitative estimate of drug-likeness (QED) is 0.841. The Morgan fingerprint density at radius 3 is 2.71 bits per heavy atom. The smallest absolute Gasteiger partial charge is 0.290 e. The van der Waals surface area contributed by atoms with Crippen LogP contribution in [0.15, 0.2) is 35.0 Å². The van der Waals surface area contributed by atoms with Crippen LogP contribution >= 0.6 is 0 Å². The Bertz CT molecular complexity index is 678. The minimum Gasteiger partial charge on any atom is -0.351 e. The Morgan fingerprint density at radius 2 is 2.14 bits per heavy atom. The van der Waals surface area contributed by atoms with E-state index in [1.807, 2.05) is 31.2 Å². The molecule has 2 rings (SSSR count). The predicted octanol–water partition coefficient (Wildman–Crippen LogP) is 1.78. The monoisotopic (exact) mass is 283 g/mol. The summed E-state index contributed by atoms with van der Waals surface area (Å²) in [6.07, 6.45) is 1.52. The molecule has 1 heterocycles. The fourth-order valence-electron chi connectivity index (χ4n) is 1.86. The van der Waals surface area contributed by atoms with Crippen molar-refractivity contribution in [1.82, 2.24) is 10.5 Å². The number of benzene rings is 1. The van der Waals surface area contributed by atoms with Crippen molar-refractivity contribution in [2.75, 3.05) is 6.54 Å². The molecule has 0 aliphatic rings. The van der Waals surface area contributed by atoms with Gasteiger partial charge >= 0.3 is 0 Å². The summed E-state index contributed by atoms with van der Waals surface area (Å²) in [6, 6.07) is 7.52. The van der Waals surface area contributed by atoms with Gasteiger partial charge in [-0.25, -0.2) is 0 Å². The summed E-state index contributed by atoms with van der Waals surface area (Å²) in [5.74, 6) is 5.72. The molecule has 108 valence electrons. The maximum atomic E-state index is 12.0. The average molecular weight is 283 g/mol. The topological polar surface area (TPSA) is 81.2 Å². The first-order valence-electron chi connectivity index (χ1n) is 6.63. The van der Waals surface area contributed by atoms with E-state index in [9.17, 15) is 4.79 Å². The molecule has 1 amide bonds. The molecule has 0 bridgehead atoms. The highest BCUT2D eigenvalue weighted by Crippen LogP contribution is 2.15. The molecule has 2 aromatic rings. The molecule has 0 aliphatic carbocycles. The van der Waals surface area contributed by atoms with E-state index in [-0.39, 0.29) is 17.7 Å². The van der Waals surface area contributed by atoms with Gasteiger partial charge in [0.1, 0.15) is 0 Å². The molecule has 1 unspecified atom stereocenters. The van der Waals surface area contributed by atoms with Gasteiger partial charge in [0, 0.05) is 11.1 Å². The van der Waals surface area contributed by atoms with Crippen molar-refractivity contribution in [3.63, 3.8) is 0 Å². The highest BCUT2D eigenvalue weighted by molar-refractivity contribution is 5.92. The van der Waals surface area contributed by atoms with Crippen LogP contribution in [-0.4, -0.2) is 17.6 Å². The van der Waals surface area contributed by atoms with Gasteiger partial charge in [-0.05, 0) is 31.5 Å². The molecule has 0 radical (unpaired) electrons. The minimum atomic E-state index is -0.274. The fraction of sp³-hybridized carbons (Fsp3) is 0.250. The van der Waals surface area contributed by atoms with Crippen molar-refractivity contribution >= 4 is 5.91 Å². The molecular formula is C16H17N3O2. The molecule has 21 heavy (non-hydrogen) atoms. The Balaban J connectivity index is 2.05. The largest absolute Gasteiger partial charge is 0.351 e. The first kappa shape index (κ1) is 14.8. The van der Waals surface area contributed by atoms with Gasteiger partial charge in [0.2, 0.25) is 5.76 Å². The highest BCUT2D eigenvalue weighted by atomic mass is 16.5. The SMILES string of the molecule is Cc1cnoc1C(=O)NC(C)c1ccc(C#CCN)cc1. The van der Waals surface area contributed by atoms with E-state index in [1.165, 1.54) is 6.20 Å². The minimum absolute atomic E-state index is 0.140. The van der Waals surface area contributed by atoms with Gasteiger partial charge in [0.15, 0.2) is 0 Å². The van der Waals surface area contributed by atoms with Crippen LogP contribution in [0.4, 0.5) is 0 Å². The van der Waals surface area contributed by atoms with Crippen LogP contribution in [0, 0.1) is 18.8 Å². The Hall–Kier alpha value is -2.58. The lowest BCUT2D eigenvalue weighted by Crippen LogP contribution is -2.26. The first-order chi connectivity index (χ1) is 10.1. The Kier molecular flexibility index (Phi) is 4.75. The molecule has 0 saturated carbocycles. The molecule has 3 N–H and O–H groups in total. The third-order valence-electron chi connectivity index (χ3n) is 3.05. The van der Waals surface area contributed by atoms with Crippen molar-refractivity contribution in [1.29, 1.82) is 0 Å². The van der Waals surface area contributed by atoms with E-state index in [0.29, 0.717) is 12.1 Å². The summed E-state index contributed by atoms with van der Waals surface area (Å²) in [7, 11) is 0. The van der Waals surface area contributed by atoms with Gasteiger partial charge in [-0.15, -0.1) is 0 Å². The van der Waals surface area contributed by atoms with Gasteiger partial charge < -0.3 is 15.6 Å². The van der Waals surface area contributed by atoms with Crippen LogP contribution in [0.25, 0.3) is 0 Å². The maximum absolute atomic E-state index is 12.0. The summed E-state index contributed by atoms with van der Waals surface area (Å²) >= 11 is 0. The van der Waals surface area contributed by atoms with Crippen molar-refractivity contribution in [2.24, 2.45) is 5.73 Å². The summed E-state index contributed by atoms with van der Waals surface area (Å²) in [6.45, 7) is 4.02. The zero-order valence-electron chi connectivity index (χ0n) is 12.0. The van der Waals surface area contributed by atoms with E-state index in [1.54, 1.807) is 6.92 Å². The van der Waals surface area contributed by atoms with E-state index in [2.05, 4.69) is 22.3 Å². The summed E-state index contributed by atoms with van der Waals surface area (Å²) in [5.41, 5.74) is 7.93. The van der Waals surface area contributed by atoms with Gasteiger partial charge in [0.25, 0.3) is 5.91 Å². The third-order valence-corrected chi connectivity index (χ3v) is 3.05. The number of aromatic nitrogens is 1. The molecule has 1 atom stereocenters. The molecule has 1 aromatic heterocycles. The second-order valence-corrected chi connectivity index (χ2v) is 4.66. The summed E-state index contributed by atoms with van der Waals surface area (Å²) in [5, 5.41) is 6.48. The summed E-state index contributed by atoms with van der Waals surface area (Å²) in [4.78, 5) is 12.0. The van der Waals surface area contributed by atoms with Crippen LogP contribution in [0.3, 0.4) is 0 Å². The number of hydrogen-bond donors (Lipinski definition) is 2. The number of amides is 1. The van der Waals surface area contributed by atoms with Crippen LogP contribution in [0.1, 0.15) is 40.2 Å². The molecular weight excluding hydrogens is 266 g/mol. The van der Waals surface area contributed by atoms with Crippen LogP contribution in [-0.2, 0) is 0 Å². The third kappa shape index (κ3) is 3.71. The molecule has 0 aliphatic heterocycles. The maximum Gasteiger partial charge on any atom is 0.290 e. The second kappa shape index (κ2) is 6.73. The lowest BCUT2D eigenvalue weighted by atomic mass is 10.1.